The van der Waals surface area contributed by atoms with Crippen molar-refractivity contribution in [2.45, 2.75) is 5.41 Å². The summed E-state index contributed by atoms with van der Waals surface area (Å²) in [6.45, 7) is 0. The maximum Gasteiger partial charge on any atom is 0.165 e. The number of benzene rings is 7. The van der Waals surface area contributed by atoms with E-state index in [9.17, 15) is 0 Å². The lowest BCUT2D eigenvalue weighted by Crippen LogP contribution is -2.28. The molecule has 0 aliphatic heterocycles. The molecule has 1 aromatic heterocycles. The maximum absolute atomic E-state index is 5.27. The Morgan fingerprint density at radius 3 is 1.43 bits per heavy atom. The molecule has 0 bridgehead atoms. The van der Waals surface area contributed by atoms with Crippen molar-refractivity contribution in [1.29, 1.82) is 0 Å². The van der Waals surface area contributed by atoms with E-state index in [1.807, 2.05) is 36.4 Å². The monoisotopic (exact) mass is 599 g/mol. The van der Waals surface area contributed by atoms with Crippen molar-refractivity contribution >= 4 is 10.8 Å². The molecule has 0 amide bonds. The Morgan fingerprint density at radius 2 is 0.830 bits per heavy atom. The number of hydrogen-bond acceptors (Lipinski definition) is 3. The SMILES string of the molecule is c1ccc(-c2nc(-c3ccccc3)nc(-c3c4c(cc5ccccc35)C(c3ccccc3)(c3ccccc3)c3ccccc3-4)n2)cc1. The molecular weight excluding hydrogens is 571 g/mol. The van der Waals surface area contributed by atoms with Gasteiger partial charge in [-0.25, -0.2) is 15.0 Å². The first-order chi connectivity index (χ1) is 23.3. The maximum atomic E-state index is 5.27. The standard InChI is InChI=1S/C44H29N3/c1-5-17-30(18-6-1)41-45-42(31-19-7-2-8-20-31)47-43(46-41)40-35-26-14-13-21-32(35)29-38-39(40)36-27-15-16-28-37(36)44(38,33-22-9-3-10-23-33)34-24-11-4-12-25-34/h1-29H. The summed E-state index contributed by atoms with van der Waals surface area (Å²) in [5.74, 6) is 1.97. The number of hydrogen-bond donors (Lipinski definition) is 0. The van der Waals surface area contributed by atoms with Gasteiger partial charge in [0.05, 0.1) is 5.41 Å². The van der Waals surface area contributed by atoms with E-state index in [2.05, 4.69) is 140 Å². The van der Waals surface area contributed by atoms with E-state index in [1.165, 1.54) is 27.8 Å². The topological polar surface area (TPSA) is 38.7 Å². The molecule has 0 N–H and O–H groups in total. The molecule has 3 nitrogen and oxygen atoms in total. The Hall–Kier alpha value is -6.19. The van der Waals surface area contributed by atoms with Gasteiger partial charge in [-0.05, 0) is 50.2 Å². The molecule has 7 aromatic carbocycles. The van der Waals surface area contributed by atoms with Gasteiger partial charge in [0.25, 0.3) is 0 Å². The van der Waals surface area contributed by atoms with Gasteiger partial charge in [-0.15, -0.1) is 0 Å². The highest BCUT2D eigenvalue weighted by atomic mass is 15.0. The van der Waals surface area contributed by atoms with Crippen molar-refractivity contribution in [3.8, 4) is 45.3 Å². The molecule has 1 heterocycles. The third-order valence-electron chi connectivity index (χ3n) is 9.39. The van der Waals surface area contributed by atoms with Gasteiger partial charge in [-0.1, -0.05) is 170 Å². The van der Waals surface area contributed by atoms with Crippen LogP contribution >= 0.6 is 0 Å². The van der Waals surface area contributed by atoms with Crippen LogP contribution in [0.15, 0.2) is 176 Å². The molecule has 0 radical (unpaired) electrons. The Bertz CT molecular complexity index is 2290. The number of rotatable bonds is 5. The summed E-state index contributed by atoms with van der Waals surface area (Å²) in [6, 6.07) is 62.1. The van der Waals surface area contributed by atoms with Crippen molar-refractivity contribution < 1.29 is 0 Å². The van der Waals surface area contributed by atoms with Crippen LogP contribution in [0.5, 0.6) is 0 Å². The molecule has 0 atom stereocenters. The van der Waals surface area contributed by atoms with Crippen molar-refractivity contribution in [2.24, 2.45) is 0 Å². The van der Waals surface area contributed by atoms with Crippen molar-refractivity contribution in [3.63, 3.8) is 0 Å². The fraction of sp³-hybridized carbons (Fsp3) is 0.0227. The van der Waals surface area contributed by atoms with E-state index >= 15 is 0 Å². The van der Waals surface area contributed by atoms with Crippen LogP contribution in [0.4, 0.5) is 0 Å². The highest BCUT2D eigenvalue weighted by Gasteiger charge is 2.47. The second kappa shape index (κ2) is 11.0. The average molecular weight is 600 g/mol. The van der Waals surface area contributed by atoms with E-state index < -0.39 is 5.41 Å². The van der Waals surface area contributed by atoms with Crippen LogP contribution in [0.2, 0.25) is 0 Å². The highest BCUT2D eigenvalue weighted by molar-refractivity contribution is 6.08. The van der Waals surface area contributed by atoms with Crippen molar-refractivity contribution in [2.75, 3.05) is 0 Å². The van der Waals surface area contributed by atoms with Crippen molar-refractivity contribution in [3.05, 3.63) is 198 Å². The summed E-state index contributed by atoms with van der Waals surface area (Å²) in [6.07, 6.45) is 0. The Kier molecular flexibility index (Phi) is 6.36. The van der Waals surface area contributed by atoms with E-state index in [4.69, 9.17) is 15.0 Å². The smallest absolute Gasteiger partial charge is 0.165 e. The minimum Gasteiger partial charge on any atom is -0.208 e. The predicted molar refractivity (Wildman–Crippen MR) is 191 cm³/mol. The van der Waals surface area contributed by atoms with Gasteiger partial charge in [-0.2, -0.15) is 0 Å². The van der Waals surface area contributed by atoms with E-state index in [0.717, 1.165) is 33.0 Å². The number of nitrogens with zero attached hydrogens (tertiary/aromatic N) is 3. The summed E-state index contributed by atoms with van der Waals surface area (Å²) in [5.41, 5.74) is 9.68. The highest BCUT2D eigenvalue weighted by Crippen LogP contribution is 2.59. The lowest BCUT2D eigenvalue weighted by molar-refractivity contribution is 0.769. The first-order valence-electron chi connectivity index (χ1n) is 16.0. The van der Waals surface area contributed by atoms with Crippen LogP contribution in [0.1, 0.15) is 22.3 Å². The van der Waals surface area contributed by atoms with Crippen LogP contribution in [0, 0.1) is 0 Å². The van der Waals surface area contributed by atoms with E-state index in [0.29, 0.717) is 17.5 Å². The molecule has 1 aliphatic rings. The molecule has 0 fully saturated rings. The van der Waals surface area contributed by atoms with Gasteiger partial charge in [0.1, 0.15) is 0 Å². The zero-order valence-corrected chi connectivity index (χ0v) is 25.6. The lowest BCUT2D eigenvalue weighted by Gasteiger charge is -2.34. The third-order valence-corrected chi connectivity index (χ3v) is 9.39. The van der Waals surface area contributed by atoms with E-state index in [-0.39, 0.29) is 0 Å². The Morgan fingerprint density at radius 1 is 0.362 bits per heavy atom. The summed E-state index contributed by atoms with van der Waals surface area (Å²) in [7, 11) is 0. The molecule has 47 heavy (non-hydrogen) atoms. The molecule has 0 spiro atoms. The zero-order valence-electron chi connectivity index (χ0n) is 25.6. The molecule has 9 rings (SSSR count). The predicted octanol–water partition coefficient (Wildman–Crippen LogP) is 10.4. The van der Waals surface area contributed by atoms with Gasteiger partial charge in [0, 0.05) is 16.7 Å². The molecule has 3 heteroatoms. The normalized spacial score (nSPS) is 12.9. The van der Waals surface area contributed by atoms with Gasteiger partial charge in [0.15, 0.2) is 17.5 Å². The second-order valence-electron chi connectivity index (χ2n) is 12.0. The Balaban J connectivity index is 1.45. The van der Waals surface area contributed by atoms with Gasteiger partial charge in [0.2, 0.25) is 0 Å². The first kappa shape index (κ1) is 27.1. The van der Waals surface area contributed by atoms with Crippen LogP contribution in [0.25, 0.3) is 56.1 Å². The fourth-order valence-electron chi connectivity index (χ4n) is 7.41. The van der Waals surface area contributed by atoms with Crippen LogP contribution in [0.3, 0.4) is 0 Å². The molecule has 0 saturated heterocycles. The van der Waals surface area contributed by atoms with Crippen LogP contribution in [-0.4, -0.2) is 15.0 Å². The fourth-order valence-corrected chi connectivity index (χ4v) is 7.41. The number of aromatic nitrogens is 3. The van der Waals surface area contributed by atoms with Crippen LogP contribution in [-0.2, 0) is 5.41 Å². The molecule has 0 unspecified atom stereocenters. The van der Waals surface area contributed by atoms with Crippen LogP contribution < -0.4 is 0 Å². The van der Waals surface area contributed by atoms with Gasteiger partial charge in [-0.3, -0.25) is 0 Å². The van der Waals surface area contributed by atoms with Gasteiger partial charge < -0.3 is 0 Å². The lowest BCUT2D eigenvalue weighted by atomic mass is 9.67. The van der Waals surface area contributed by atoms with E-state index in [1.54, 1.807) is 0 Å². The average Bonchev–Trinajstić information content (AvgIpc) is 3.45. The molecule has 220 valence electrons. The molecule has 1 aliphatic carbocycles. The largest absolute Gasteiger partial charge is 0.208 e. The summed E-state index contributed by atoms with van der Waals surface area (Å²) < 4.78 is 0. The number of fused-ring (bicyclic) bond motifs is 4. The molecule has 8 aromatic rings. The van der Waals surface area contributed by atoms with Gasteiger partial charge >= 0.3 is 0 Å². The molecular formula is C44H29N3. The zero-order chi connectivity index (χ0) is 31.2. The van der Waals surface area contributed by atoms with Crippen molar-refractivity contribution in [1.82, 2.24) is 15.0 Å². The second-order valence-corrected chi connectivity index (χ2v) is 12.0. The summed E-state index contributed by atoms with van der Waals surface area (Å²) in [4.78, 5) is 15.6. The first-order valence-corrected chi connectivity index (χ1v) is 16.0. The summed E-state index contributed by atoms with van der Waals surface area (Å²) >= 11 is 0. The quantitative estimate of drug-likeness (QED) is 0.198. The minimum absolute atomic E-state index is 0.537. The Labute approximate surface area is 273 Å². The minimum atomic E-state index is -0.537. The molecule has 0 saturated carbocycles. The third kappa shape index (κ3) is 4.24. The summed E-state index contributed by atoms with van der Waals surface area (Å²) in [5, 5.41) is 2.26.